The minimum absolute atomic E-state index is 0.224. The molecule has 0 N–H and O–H groups in total. The summed E-state index contributed by atoms with van der Waals surface area (Å²) in [5, 5.41) is 2.11. The van der Waals surface area contributed by atoms with Crippen LogP contribution in [0.15, 0.2) is 29.5 Å². The Kier molecular flexibility index (Phi) is 1.71. The van der Waals surface area contributed by atoms with Gasteiger partial charge in [-0.2, -0.15) is 0 Å². The fourth-order valence-electron chi connectivity index (χ4n) is 2.10. The van der Waals surface area contributed by atoms with Gasteiger partial charge in [0.2, 0.25) is 0 Å². The summed E-state index contributed by atoms with van der Waals surface area (Å²) in [6, 6.07) is 4.19. The van der Waals surface area contributed by atoms with Gasteiger partial charge in [-0.15, -0.1) is 0 Å². The smallest absolute Gasteiger partial charge is 0.0850 e. The highest BCUT2D eigenvalue weighted by molar-refractivity contribution is 8.26. The molecule has 0 aromatic carbocycles. The molecule has 0 bridgehead atoms. The molecule has 2 aliphatic heterocycles. The lowest BCUT2D eigenvalue weighted by Gasteiger charge is -2.31. The van der Waals surface area contributed by atoms with Gasteiger partial charge < -0.3 is 0 Å². The molecule has 2 unspecified atom stereocenters. The highest BCUT2D eigenvalue weighted by atomic mass is 32.2. The Morgan fingerprint density at radius 2 is 2.21 bits per heavy atom. The van der Waals surface area contributed by atoms with Crippen LogP contribution in [0.4, 0.5) is 0 Å². The molecule has 1 aromatic heterocycles. The van der Waals surface area contributed by atoms with E-state index in [1.54, 1.807) is 0 Å². The summed E-state index contributed by atoms with van der Waals surface area (Å²) in [6.45, 7) is 2.24. The average Bonchev–Trinajstić information content (AvgIpc) is 2.89. The van der Waals surface area contributed by atoms with Crippen LogP contribution >= 0.6 is 11.8 Å². The van der Waals surface area contributed by atoms with Crippen LogP contribution in [0.2, 0.25) is 0 Å². The first-order valence-electron chi connectivity index (χ1n) is 4.99. The topological polar surface area (TPSA) is 25.2 Å². The van der Waals surface area contributed by atoms with Gasteiger partial charge in [0.25, 0.3) is 0 Å². The molecule has 2 nitrogen and oxygen atoms in total. The molecule has 2 aliphatic rings. The minimum Gasteiger partial charge on any atom is -0.273 e. The van der Waals surface area contributed by atoms with Gasteiger partial charge in [0.05, 0.1) is 15.8 Å². The van der Waals surface area contributed by atoms with Crippen LogP contribution in [0.3, 0.4) is 0 Å². The van der Waals surface area contributed by atoms with Crippen molar-refractivity contribution in [1.29, 1.82) is 0 Å². The monoisotopic (exact) mass is 204 g/mol. The molecule has 0 amide bonds. The molecule has 0 saturated carbocycles. The summed E-state index contributed by atoms with van der Waals surface area (Å²) in [5.74, 6) is 0. The van der Waals surface area contributed by atoms with Gasteiger partial charge in [-0.3, -0.25) is 9.98 Å². The Labute approximate surface area is 87.8 Å². The predicted octanol–water partition coefficient (Wildman–Crippen LogP) is 2.30. The van der Waals surface area contributed by atoms with Crippen molar-refractivity contribution in [2.75, 3.05) is 0 Å². The molecule has 1 saturated heterocycles. The van der Waals surface area contributed by atoms with Gasteiger partial charge in [-0.1, -0.05) is 18.7 Å². The Hall–Kier alpha value is -0.830. The van der Waals surface area contributed by atoms with Crippen molar-refractivity contribution in [2.24, 2.45) is 4.99 Å². The summed E-state index contributed by atoms with van der Waals surface area (Å²) in [5.41, 5.74) is 1.58. The minimum atomic E-state index is 0.224. The van der Waals surface area contributed by atoms with E-state index in [1.807, 2.05) is 24.2 Å². The first-order valence-corrected chi connectivity index (χ1v) is 5.87. The normalized spacial score (nSPS) is 32.9. The predicted molar refractivity (Wildman–Crippen MR) is 59.8 cm³/mol. The van der Waals surface area contributed by atoms with Crippen LogP contribution in [0, 0.1) is 0 Å². The number of aliphatic imine (C=N–C) groups is 1. The highest BCUT2D eigenvalue weighted by Crippen LogP contribution is 2.56. The van der Waals surface area contributed by atoms with E-state index in [9.17, 15) is 0 Å². The number of thioether (sulfide) groups is 1. The van der Waals surface area contributed by atoms with Gasteiger partial charge in [0.15, 0.2) is 0 Å². The number of rotatable bonds is 3. The Morgan fingerprint density at radius 3 is 2.71 bits per heavy atom. The van der Waals surface area contributed by atoms with Gasteiger partial charge in [0, 0.05) is 12.4 Å². The lowest BCUT2D eigenvalue weighted by Crippen LogP contribution is -2.41. The Morgan fingerprint density at radius 1 is 1.43 bits per heavy atom. The van der Waals surface area contributed by atoms with E-state index >= 15 is 0 Å². The highest BCUT2D eigenvalue weighted by Gasteiger charge is 2.59. The zero-order valence-electron chi connectivity index (χ0n) is 8.10. The van der Waals surface area contributed by atoms with Crippen LogP contribution in [-0.2, 0) is 6.42 Å². The fraction of sp³-hybridized carbons (Fsp3) is 0.455. The lowest BCUT2D eigenvalue weighted by atomic mass is 9.83. The van der Waals surface area contributed by atoms with Gasteiger partial charge in [0.1, 0.15) is 0 Å². The van der Waals surface area contributed by atoms with Crippen LogP contribution in [-0.4, -0.2) is 20.8 Å². The SMILES string of the molecule is CCC1(Cc2ccncc2)N=C2SC21. The number of fused-ring (bicyclic) bond motifs is 1. The molecule has 2 atom stereocenters. The molecule has 72 valence electrons. The molecular weight excluding hydrogens is 192 g/mol. The number of pyridine rings is 1. The molecular formula is C11H12N2S. The Bertz CT molecular complexity index is 388. The Balaban J connectivity index is 1.82. The second-order valence-electron chi connectivity index (χ2n) is 3.94. The maximum absolute atomic E-state index is 4.70. The molecule has 3 heteroatoms. The maximum atomic E-state index is 4.70. The fourth-order valence-corrected chi connectivity index (χ4v) is 3.30. The average molecular weight is 204 g/mol. The summed E-state index contributed by atoms with van der Waals surface area (Å²) in [6.07, 6.45) is 5.95. The lowest BCUT2D eigenvalue weighted by molar-refractivity contribution is 0.417. The van der Waals surface area contributed by atoms with E-state index in [0.717, 1.165) is 18.1 Å². The van der Waals surface area contributed by atoms with E-state index in [1.165, 1.54) is 10.6 Å². The molecule has 1 fully saturated rings. The van der Waals surface area contributed by atoms with E-state index in [4.69, 9.17) is 4.99 Å². The van der Waals surface area contributed by atoms with Crippen molar-refractivity contribution in [3.05, 3.63) is 30.1 Å². The zero-order chi connectivity index (χ0) is 9.60. The standard InChI is InChI=1S/C11H12N2S/c1-2-11(9-10(13-11)14-9)7-8-3-5-12-6-4-8/h3-6,9H,2,7H2,1H3. The van der Waals surface area contributed by atoms with Crippen LogP contribution in [0.1, 0.15) is 18.9 Å². The number of hydrogen-bond acceptors (Lipinski definition) is 3. The number of nitrogens with zero attached hydrogens (tertiary/aromatic N) is 2. The largest absolute Gasteiger partial charge is 0.273 e. The first-order chi connectivity index (χ1) is 6.84. The van der Waals surface area contributed by atoms with Gasteiger partial charge in [-0.25, -0.2) is 0 Å². The first kappa shape index (κ1) is 8.48. The third kappa shape index (κ3) is 1.12. The summed E-state index contributed by atoms with van der Waals surface area (Å²) < 4.78 is 0. The number of aromatic nitrogens is 1. The number of hydrogen-bond donors (Lipinski definition) is 0. The molecule has 0 aliphatic carbocycles. The van der Waals surface area contributed by atoms with Crippen molar-refractivity contribution in [1.82, 2.24) is 4.98 Å². The van der Waals surface area contributed by atoms with E-state index in [2.05, 4.69) is 24.0 Å². The van der Waals surface area contributed by atoms with Crippen molar-refractivity contribution in [3.63, 3.8) is 0 Å². The molecule has 3 heterocycles. The molecule has 3 rings (SSSR count). The van der Waals surface area contributed by atoms with Gasteiger partial charge in [-0.05, 0) is 30.5 Å². The van der Waals surface area contributed by atoms with Crippen LogP contribution in [0.5, 0.6) is 0 Å². The third-order valence-electron chi connectivity index (χ3n) is 3.10. The second kappa shape index (κ2) is 2.83. The van der Waals surface area contributed by atoms with Crippen LogP contribution in [0.25, 0.3) is 0 Å². The van der Waals surface area contributed by atoms with Gasteiger partial charge >= 0.3 is 0 Å². The summed E-state index contributed by atoms with van der Waals surface area (Å²) >= 11 is 1.94. The molecule has 1 aromatic rings. The van der Waals surface area contributed by atoms with Crippen molar-refractivity contribution < 1.29 is 0 Å². The maximum Gasteiger partial charge on any atom is 0.0850 e. The van der Waals surface area contributed by atoms with Crippen molar-refractivity contribution >= 4 is 16.8 Å². The third-order valence-corrected chi connectivity index (χ3v) is 4.31. The molecule has 0 radical (unpaired) electrons. The van der Waals surface area contributed by atoms with Crippen LogP contribution < -0.4 is 0 Å². The summed E-state index contributed by atoms with van der Waals surface area (Å²) in [7, 11) is 0. The molecule has 14 heavy (non-hydrogen) atoms. The van der Waals surface area contributed by atoms with E-state index < -0.39 is 0 Å². The van der Waals surface area contributed by atoms with E-state index in [0.29, 0.717) is 0 Å². The van der Waals surface area contributed by atoms with E-state index in [-0.39, 0.29) is 5.54 Å². The second-order valence-corrected chi connectivity index (χ2v) is 5.06. The van der Waals surface area contributed by atoms with Crippen molar-refractivity contribution in [3.8, 4) is 0 Å². The zero-order valence-corrected chi connectivity index (χ0v) is 8.92. The van der Waals surface area contributed by atoms with Crippen molar-refractivity contribution in [2.45, 2.75) is 30.6 Å². The quantitative estimate of drug-likeness (QED) is 0.706. The summed E-state index contributed by atoms with van der Waals surface area (Å²) in [4.78, 5) is 8.73. The molecule has 0 spiro atoms.